The normalized spacial score (nSPS) is 14.9. The maximum Gasteiger partial charge on any atom is 0.153 e. The van der Waals surface area contributed by atoms with Gasteiger partial charge in [-0.3, -0.25) is 5.10 Å². The van der Waals surface area contributed by atoms with Crippen LogP contribution in [-0.4, -0.2) is 17.3 Å². The standard InChI is InChI=1S/C13H15N3O/c1-17-10-4-2-3-9(7-10)11-12(8-5-6-8)15-16-13(11)14/h2-4,7-8H,5-6H2,1H3,(H3,14,15,16). The molecule has 0 unspecified atom stereocenters. The van der Waals surface area contributed by atoms with Gasteiger partial charge in [-0.15, -0.1) is 0 Å². The Bertz CT molecular complexity index is 543. The van der Waals surface area contributed by atoms with Crippen molar-refractivity contribution in [2.24, 2.45) is 0 Å². The van der Waals surface area contributed by atoms with E-state index in [-0.39, 0.29) is 0 Å². The van der Waals surface area contributed by atoms with Crippen molar-refractivity contribution in [1.82, 2.24) is 10.2 Å². The number of nitrogens with zero attached hydrogens (tertiary/aromatic N) is 1. The van der Waals surface area contributed by atoms with Crippen molar-refractivity contribution in [3.8, 4) is 16.9 Å². The van der Waals surface area contributed by atoms with Gasteiger partial charge in [-0.1, -0.05) is 12.1 Å². The van der Waals surface area contributed by atoms with Gasteiger partial charge in [0.2, 0.25) is 0 Å². The largest absolute Gasteiger partial charge is 0.497 e. The van der Waals surface area contributed by atoms with Gasteiger partial charge in [0.05, 0.1) is 7.11 Å². The second-order valence-electron chi connectivity index (χ2n) is 4.40. The first kappa shape index (κ1) is 10.2. The number of rotatable bonds is 3. The third kappa shape index (κ3) is 1.75. The molecule has 0 atom stereocenters. The van der Waals surface area contributed by atoms with E-state index in [0.29, 0.717) is 11.7 Å². The Morgan fingerprint density at radius 3 is 2.94 bits per heavy atom. The summed E-state index contributed by atoms with van der Waals surface area (Å²) in [4.78, 5) is 0. The quantitative estimate of drug-likeness (QED) is 0.850. The summed E-state index contributed by atoms with van der Waals surface area (Å²) in [6.45, 7) is 0. The molecule has 1 aliphatic rings. The van der Waals surface area contributed by atoms with E-state index in [1.165, 1.54) is 12.8 Å². The molecule has 0 aliphatic heterocycles. The summed E-state index contributed by atoms with van der Waals surface area (Å²) in [6.07, 6.45) is 2.44. The number of hydrogen-bond donors (Lipinski definition) is 2. The van der Waals surface area contributed by atoms with Crippen LogP contribution < -0.4 is 10.5 Å². The van der Waals surface area contributed by atoms with Gasteiger partial charge >= 0.3 is 0 Å². The highest BCUT2D eigenvalue weighted by atomic mass is 16.5. The molecule has 4 nitrogen and oxygen atoms in total. The molecule has 1 aromatic heterocycles. The molecule has 1 aliphatic carbocycles. The Hall–Kier alpha value is -1.97. The first-order chi connectivity index (χ1) is 8.29. The summed E-state index contributed by atoms with van der Waals surface area (Å²) in [7, 11) is 1.67. The van der Waals surface area contributed by atoms with Crippen LogP contribution in [0, 0.1) is 0 Å². The lowest BCUT2D eigenvalue weighted by Crippen LogP contribution is -1.91. The molecule has 2 aromatic rings. The average Bonchev–Trinajstić information content (AvgIpc) is 3.13. The fourth-order valence-corrected chi connectivity index (χ4v) is 2.12. The van der Waals surface area contributed by atoms with Gasteiger partial charge in [0.15, 0.2) is 5.82 Å². The lowest BCUT2D eigenvalue weighted by molar-refractivity contribution is 0.415. The molecule has 0 spiro atoms. The molecular weight excluding hydrogens is 214 g/mol. The molecule has 4 heteroatoms. The lowest BCUT2D eigenvalue weighted by atomic mass is 10.0. The predicted octanol–water partition coefficient (Wildman–Crippen LogP) is 2.54. The topological polar surface area (TPSA) is 63.9 Å². The number of aromatic amines is 1. The summed E-state index contributed by atoms with van der Waals surface area (Å²) in [5, 5.41) is 7.18. The van der Waals surface area contributed by atoms with Gasteiger partial charge in [-0.25, -0.2) is 0 Å². The molecular formula is C13H15N3O. The minimum absolute atomic E-state index is 0.570. The molecule has 0 radical (unpaired) electrons. The number of benzene rings is 1. The molecule has 0 bridgehead atoms. The van der Waals surface area contributed by atoms with Crippen molar-refractivity contribution in [3.63, 3.8) is 0 Å². The fraction of sp³-hybridized carbons (Fsp3) is 0.308. The van der Waals surface area contributed by atoms with Gasteiger partial charge in [-0.2, -0.15) is 5.10 Å². The Labute approximate surface area is 99.8 Å². The summed E-state index contributed by atoms with van der Waals surface area (Å²) in [5.41, 5.74) is 9.21. The first-order valence-corrected chi connectivity index (χ1v) is 5.77. The highest BCUT2D eigenvalue weighted by molar-refractivity contribution is 5.77. The van der Waals surface area contributed by atoms with Crippen molar-refractivity contribution in [1.29, 1.82) is 0 Å². The summed E-state index contributed by atoms with van der Waals surface area (Å²) < 4.78 is 5.24. The Kier molecular flexibility index (Phi) is 2.28. The molecule has 3 N–H and O–H groups in total. The second-order valence-corrected chi connectivity index (χ2v) is 4.40. The van der Waals surface area contributed by atoms with Crippen molar-refractivity contribution in [2.75, 3.05) is 12.8 Å². The zero-order chi connectivity index (χ0) is 11.8. The smallest absolute Gasteiger partial charge is 0.153 e. The summed E-state index contributed by atoms with van der Waals surface area (Å²) in [5.74, 6) is 2.01. The van der Waals surface area contributed by atoms with Gasteiger partial charge in [-0.05, 0) is 30.5 Å². The Morgan fingerprint density at radius 1 is 1.41 bits per heavy atom. The Morgan fingerprint density at radius 2 is 2.24 bits per heavy atom. The number of anilines is 1. The van der Waals surface area contributed by atoms with Crippen LogP contribution >= 0.6 is 0 Å². The van der Waals surface area contributed by atoms with Crippen molar-refractivity contribution < 1.29 is 4.74 Å². The van der Waals surface area contributed by atoms with Gasteiger partial charge in [0, 0.05) is 17.2 Å². The zero-order valence-corrected chi connectivity index (χ0v) is 9.73. The number of hydrogen-bond acceptors (Lipinski definition) is 3. The number of nitrogens with two attached hydrogens (primary N) is 1. The minimum Gasteiger partial charge on any atom is -0.497 e. The van der Waals surface area contributed by atoms with Crippen LogP contribution in [0.2, 0.25) is 0 Å². The van der Waals surface area contributed by atoms with Crippen molar-refractivity contribution in [2.45, 2.75) is 18.8 Å². The van der Waals surface area contributed by atoms with Crippen LogP contribution in [0.4, 0.5) is 5.82 Å². The van der Waals surface area contributed by atoms with Gasteiger partial charge in [0.1, 0.15) is 5.75 Å². The summed E-state index contributed by atoms with van der Waals surface area (Å²) in [6, 6.07) is 7.93. The molecule has 88 valence electrons. The molecule has 17 heavy (non-hydrogen) atoms. The van der Waals surface area contributed by atoms with Gasteiger partial charge in [0.25, 0.3) is 0 Å². The van der Waals surface area contributed by atoms with Crippen molar-refractivity contribution >= 4 is 5.82 Å². The van der Waals surface area contributed by atoms with Crippen LogP contribution in [0.5, 0.6) is 5.75 Å². The van der Waals surface area contributed by atoms with Gasteiger partial charge < -0.3 is 10.5 Å². The lowest BCUT2D eigenvalue weighted by Gasteiger charge is -2.05. The van der Waals surface area contributed by atoms with E-state index in [9.17, 15) is 0 Å². The molecule has 1 aromatic carbocycles. The maximum atomic E-state index is 5.95. The van der Waals surface area contributed by atoms with E-state index < -0.39 is 0 Å². The van der Waals surface area contributed by atoms with Crippen LogP contribution in [-0.2, 0) is 0 Å². The van der Waals surface area contributed by atoms with Crippen LogP contribution in [0.1, 0.15) is 24.5 Å². The average molecular weight is 229 g/mol. The first-order valence-electron chi connectivity index (χ1n) is 5.77. The highest BCUT2D eigenvalue weighted by Gasteiger charge is 2.29. The van der Waals surface area contributed by atoms with Crippen LogP contribution in [0.15, 0.2) is 24.3 Å². The van der Waals surface area contributed by atoms with E-state index in [2.05, 4.69) is 10.2 Å². The number of methoxy groups -OCH3 is 1. The third-order valence-electron chi connectivity index (χ3n) is 3.17. The van der Waals surface area contributed by atoms with Crippen molar-refractivity contribution in [3.05, 3.63) is 30.0 Å². The molecule has 0 amide bonds. The monoisotopic (exact) mass is 229 g/mol. The van der Waals surface area contributed by atoms with E-state index in [1.807, 2.05) is 24.3 Å². The van der Waals surface area contributed by atoms with E-state index in [1.54, 1.807) is 7.11 Å². The molecule has 1 heterocycles. The Balaban J connectivity index is 2.10. The second kappa shape index (κ2) is 3.80. The number of aromatic nitrogens is 2. The number of H-pyrrole nitrogens is 1. The summed E-state index contributed by atoms with van der Waals surface area (Å²) >= 11 is 0. The third-order valence-corrected chi connectivity index (χ3v) is 3.17. The van der Waals surface area contributed by atoms with E-state index in [4.69, 9.17) is 10.5 Å². The molecule has 3 rings (SSSR count). The SMILES string of the molecule is COc1cccc(-c2c(N)n[nH]c2C2CC2)c1. The molecule has 0 saturated heterocycles. The van der Waals surface area contributed by atoms with E-state index in [0.717, 1.165) is 22.6 Å². The van der Waals surface area contributed by atoms with E-state index >= 15 is 0 Å². The highest BCUT2D eigenvalue weighted by Crippen LogP contribution is 2.45. The molecule has 1 fully saturated rings. The van der Waals surface area contributed by atoms with Crippen LogP contribution in [0.3, 0.4) is 0 Å². The number of ether oxygens (including phenoxy) is 1. The maximum absolute atomic E-state index is 5.95. The predicted molar refractivity (Wildman–Crippen MR) is 67.0 cm³/mol. The molecule has 1 saturated carbocycles. The minimum atomic E-state index is 0.570. The zero-order valence-electron chi connectivity index (χ0n) is 9.73. The fourth-order valence-electron chi connectivity index (χ4n) is 2.12. The number of nitrogen functional groups attached to an aromatic ring is 1. The van der Waals surface area contributed by atoms with Crippen LogP contribution in [0.25, 0.3) is 11.1 Å². The number of nitrogens with one attached hydrogen (secondary N) is 1.